The van der Waals surface area contributed by atoms with Crippen LogP contribution in [0.2, 0.25) is 0 Å². The predicted octanol–water partition coefficient (Wildman–Crippen LogP) is 1.54. The number of likely N-dealkylation sites (N-methyl/N-ethyl adjacent to an activating group) is 1. The molecule has 0 spiro atoms. The van der Waals surface area contributed by atoms with E-state index in [1.807, 2.05) is 20.0 Å². The van der Waals surface area contributed by atoms with Crippen molar-refractivity contribution in [3.8, 4) is 0 Å². The van der Waals surface area contributed by atoms with E-state index in [0.29, 0.717) is 12.5 Å². The Hall–Kier alpha value is -1.29. The molecular formula is C13H20N2O2. The molecular weight excluding hydrogens is 216 g/mol. The van der Waals surface area contributed by atoms with Crippen molar-refractivity contribution in [2.75, 3.05) is 13.6 Å². The lowest BCUT2D eigenvalue weighted by molar-refractivity contribution is -0.133. The van der Waals surface area contributed by atoms with Gasteiger partial charge in [0.25, 0.3) is 0 Å². The molecule has 2 heterocycles. The number of aryl methyl sites for hydroxylation is 1. The van der Waals surface area contributed by atoms with Crippen molar-refractivity contribution in [3.63, 3.8) is 0 Å². The Morgan fingerprint density at radius 1 is 1.65 bits per heavy atom. The van der Waals surface area contributed by atoms with Gasteiger partial charge in [-0.1, -0.05) is 6.92 Å². The highest BCUT2D eigenvalue weighted by atomic mass is 16.3. The second kappa shape index (κ2) is 4.92. The van der Waals surface area contributed by atoms with Crippen molar-refractivity contribution in [1.29, 1.82) is 0 Å². The number of nitrogens with zero attached hydrogens (tertiary/aromatic N) is 1. The summed E-state index contributed by atoms with van der Waals surface area (Å²) in [5, 5.41) is 3.27. The van der Waals surface area contributed by atoms with Gasteiger partial charge in [0.1, 0.15) is 5.76 Å². The third kappa shape index (κ3) is 2.52. The fraction of sp³-hybridized carbons (Fsp3) is 0.615. The molecule has 1 aromatic heterocycles. The topological polar surface area (TPSA) is 45.5 Å². The van der Waals surface area contributed by atoms with E-state index in [2.05, 4.69) is 12.2 Å². The van der Waals surface area contributed by atoms with Gasteiger partial charge >= 0.3 is 0 Å². The normalized spacial score (nSPS) is 23.9. The molecule has 4 nitrogen and oxygen atoms in total. The first-order chi connectivity index (χ1) is 8.09. The number of nitrogens with one attached hydrogen (secondary N) is 1. The van der Waals surface area contributed by atoms with Gasteiger partial charge in [0, 0.05) is 19.2 Å². The Morgan fingerprint density at radius 3 is 2.94 bits per heavy atom. The number of hydrogen-bond donors (Lipinski definition) is 1. The summed E-state index contributed by atoms with van der Waals surface area (Å²) in [6, 6.07) is 1.90. The van der Waals surface area contributed by atoms with E-state index < -0.39 is 0 Å². The van der Waals surface area contributed by atoms with Crippen LogP contribution >= 0.6 is 0 Å². The summed E-state index contributed by atoms with van der Waals surface area (Å²) in [7, 11) is 1.85. The molecule has 4 heteroatoms. The van der Waals surface area contributed by atoms with E-state index >= 15 is 0 Å². The van der Waals surface area contributed by atoms with Crippen LogP contribution in [-0.2, 0) is 11.3 Å². The van der Waals surface area contributed by atoms with Gasteiger partial charge < -0.3 is 14.6 Å². The summed E-state index contributed by atoms with van der Waals surface area (Å²) in [5.74, 6) is 1.49. The molecule has 0 aromatic carbocycles. The lowest BCUT2D eigenvalue weighted by Gasteiger charge is -2.23. The summed E-state index contributed by atoms with van der Waals surface area (Å²) in [6.45, 7) is 5.60. The first kappa shape index (κ1) is 12.2. The Labute approximate surface area is 102 Å². The maximum Gasteiger partial charge on any atom is 0.240 e. The first-order valence-corrected chi connectivity index (χ1v) is 6.11. The summed E-state index contributed by atoms with van der Waals surface area (Å²) in [4.78, 5) is 14.0. The molecule has 0 saturated carbocycles. The highest BCUT2D eigenvalue weighted by Crippen LogP contribution is 2.18. The highest BCUT2D eigenvalue weighted by molar-refractivity contribution is 5.82. The summed E-state index contributed by atoms with van der Waals surface area (Å²) >= 11 is 0. The van der Waals surface area contributed by atoms with Crippen LogP contribution in [-0.4, -0.2) is 30.4 Å². The second-order valence-electron chi connectivity index (χ2n) is 4.89. The Bertz CT molecular complexity index is 400. The zero-order valence-corrected chi connectivity index (χ0v) is 10.7. The zero-order chi connectivity index (χ0) is 12.4. The molecule has 1 amide bonds. The summed E-state index contributed by atoms with van der Waals surface area (Å²) in [6.07, 6.45) is 2.74. The van der Waals surface area contributed by atoms with Crippen LogP contribution in [0.25, 0.3) is 0 Å². The fourth-order valence-corrected chi connectivity index (χ4v) is 2.31. The second-order valence-corrected chi connectivity index (χ2v) is 4.89. The van der Waals surface area contributed by atoms with Gasteiger partial charge in [0.05, 0.1) is 12.3 Å². The Balaban J connectivity index is 1.98. The number of amides is 1. The van der Waals surface area contributed by atoms with Gasteiger partial charge in [-0.15, -0.1) is 0 Å². The molecule has 0 bridgehead atoms. The van der Waals surface area contributed by atoms with Gasteiger partial charge in [-0.05, 0) is 31.9 Å². The van der Waals surface area contributed by atoms with Crippen molar-refractivity contribution in [2.24, 2.45) is 5.92 Å². The van der Waals surface area contributed by atoms with Crippen LogP contribution in [0, 0.1) is 12.8 Å². The minimum Gasteiger partial charge on any atom is -0.469 e. The molecule has 2 unspecified atom stereocenters. The molecule has 1 aliphatic heterocycles. The number of hydrogen-bond acceptors (Lipinski definition) is 3. The number of carbonyl (C=O) groups is 1. The maximum absolute atomic E-state index is 12.2. The van der Waals surface area contributed by atoms with Crippen LogP contribution in [0.1, 0.15) is 24.7 Å². The highest BCUT2D eigenvalue weighted by Gasteiger charge is 2.31. The predicted molar refractivity (Wildman–Crippen MR) is 65.5 cm³/mol. The van der Waals surface area contributed by atoms with E-state index in [0.717, 1.165) is 24.3 Å². The van der Waals surface area contributed by atoms with Gasteiger partial charge in [-0.25, -0.2) is 0 Å². The minimum atomic E-state index is -0.0211. The molecule has 1 fully saturated rings. The largest absolute Gasteiger partial charge is 0.469 e. The van der Waals surface area contributed by atoms with E-state index in [-0.39, 0.29) is 11.9 Å². The average Bonchev–Trinajstić information content (AvgIpc) is 2.88. The van der Waals surface area contributed by atoms with Crippen LogP contribution in [0.3, 0.4) is 0 Å². The minimum absolute atomic E-state index is 0.0211. The van der Waals surface area contributed by atoms with E-state index in [4.69, 9.17) is 4.42 Å². The van der Waals surface area contributed by atoms with Gasteiger partial charge in [-0.3, -0.25) is 4.79 Å². The zero-order valence-electron chi connectivity index (χ0n) is 10.7. The fourth-order valence-electron chi connectivity index (χ4n) is 2.31. The molecule has 94 valence electrons. The lowest BCUT2D eigenvalue weighted by atomic mass is 10.0. The van der Waals surface area contributed by atoms with Crippen molar-refractivity contribution >= 4 is 5.91 Å². The SMILES string of the molecule is Cc1occc1CN(C)C(=O)C1NCCC1C. The standard InChI is InChI=1S/C13H20N2O2/c1-9-4-6-14-12(9)13(16)15(3)8-11-5-7-17-10(11)2/h5,7,9,12,14H,4,6,8H2,1-3H3. The van der Waals surface area contributed by atoms with Crippen molar-refractivity contribution in [2.45, 2.75) is 32.9 Å². The van der Waals surface area contributed by atoms with Gasteiger partial charge in [-0.2, -0.15) is 0 Å². The lowest BCUT2D eigenvalue weighted by Crippen LogP contribution is -2.43. The molecule has 1 aliphatic rings. The van der Waals surface area contributed by atoms with E-state index in [9.17, 15) is 4.79 Å². The third-order valence-corrected chi connectivity index (χ3v) is 3.55. The summed E-state index contributed by atoms with van der Waals surface area (Å²) < 4.78 is 5.24. The van der Waals surface area contributed by atoms with Crippen molar-refractivity contribution < 1.29 is 9.21 Å². The number of furan rings is 1. The van der Waals surface area contributed by atoms with Gasteiger partial charge in [0.15, 0.2) is 0 Å². The molecule has 2 rings (SSSR count). The molecule has 1 saturated heterocycles. The number of rotatable bonds is 3. The van der Waals surface area contributed by atoms with Crippen LogP contribution in [0.4, 0.5) is 0 Å². The Morgan fingerprint density at radius 2 is 2.41 bits per heavy atom. The van der Waals surface area contributed by atoms with Crippen LogP contribution in [0.5, 0.6) is 0 Å². The van der Waals surface area contributed by atoms with Crippen LogP contribution in [0.15, 0.2) is 16.7 Å². The molecule has 1 N–H and O–H groups in total. The van der Waals surface area contributed by atoms with E-state index in [1.54, 1.807) is 11.2 Å². The van der Waals surface area contributed by atoms with Crippen molar-refractivity contribution in [3.05, 3.63) is 23.7 Å². The van der Waals surface area contributed by atoms with E-state index in [1.165, 1.54) is 0 Å². The Kier molecular flexibility index (Phi) is 3.52. The molecule has 1 aromatic rings. The first-order valence-electron chi connectivity index (χ1n) is 6.11. The quantitative estimate of drug-likeness (QED) is 0.866. The monoisotopic (exact) mass is 236 g/mol. The maximum atomic E-state index is 12.2. The van der Waals surface area contributed by atoms with Crippen LogP contribution < -0.4 is 5.32 Å². The molecule has 0 radical (unpaired) electrons. The van der Waals surface area contributed by atoms with Crippen molar-refractivity contribution in [1.82, 2.24) is 10.2 Å². The molecule has 0 aliphatic carbocycles. The molecule has 2 atom stereocenters. The summed E-state index contributed by atoms with van der Waals surface area (Å²) in [5.41, 5.74) is 1.08. The number of carbonyl (C=O) groups excluding carboxylic acids is 1. The van der Waals surface area contributed by atoms with Gasteiger partial charge in [0.2, 0.25) is 5.91 Å². The molecule has 17 heavy (non-hydrogen) atoms. The third-order valence-electron chi connectivity index (χ3n) is 3.55. The smallest absolute Gasteiger partial charge is 0.240 e. The average molecular weight is 236 g/mol.